The van der Waals surface area contributed by atoms with E-state index in [0.29, 0.717) is 0 Å². The van der Waals surface area contributed by atoms with Crippen LogP contribution in [-0.2, 0) is 0 Å². The fourth-order valence-electron chi connectivity index (χ4n) is 1.70. The molecule has 2 aromatic carbocycles. The predicted molar refractivity (Wildman–Crippen MR) is 74.3 cm³/mol. The molecule has 0 aliphatic carbocycles. The van der Waals surface area contributed by atoms with Crippen molar-refractivity contribution in [2.45, 2.75) is 0 Å². The fraction of sp³-hybridized carbons (Fsp3) is 0.143. The van der Waals surface area contributed by atoms with E-state index in [1.165, 1.54) is 11.1 Å². The number of hydrogen-bond acceptors (Lipinski definition) is 2. The summed E-state index contributed by atoms with van der Waals surface area (Å²) < 4.78 is 10.3. The van der Waals surface area contributed by atoms with Gasteiger partial charge < -0.3 is 9.47 Å². The summed E-state index contributed by atoms with van der Waals surface area (Å²) in [5.74, 6) is 1.74. The molecule has 0 saturated heterocycles. The Bertz CT molecular complexity index is 506. The second-order valence-electron chi connectivity index (χ2n) is 3.68. The van der Waals surface area contributed by atoms with Gasteiger partial charge in [0.1, 0.15) is 11.5 Å². The van der Waals surface area contributed by atoms with Gasteiger partial charge in [-0.25, -0.2) is 0 Å². The summed E-state index contributed by atoms with van der Waals surface area (Å²) in [6.07, 6.45) is 0. The Labute approximate surface area is 104 Å². The van der Waals surface area contributed by atoms with Crippen LogP contribution < -0.4 is 14.8 Å². The molecule has 0 bridgehead atoms. The maximum absolute atomic E-state index is 5.19. The van der Waals surface area contributed by atoms with Gasteiger partial charge in [-0.1, -0.05) is 18.2 Å². The predicted octanol–water partition coefficient (Wildman–Crippen LogP) is 2.87. The number of benzene rings is 2. The van der Waals surface area contributed by atoms with Gasteiger partial charge in [0.05, 0.1) is 14.2 Å². The van der Waals surface area contributed by atoms with E-state index in [-0.39, 0.29) is 0 Å². The second-order valence-corrected chi connectivity index (χ2v) is 4.30. The van der Waals surface area contributed by atoms with Crippen molar-refractivity contribution in [1.29, 1.82) is 0 Å². The highest BCUT2D eigenvalue weighted by Gasteiger charge is 2.03. The minimum Gasteiger partial charge on any atom is -0.497 e. The zero-order chi connectivity index (χ0) is 12.3. The third-order valence-electron chi connectivity index (χ3n) is 2.66. The molecule has 0 N–H and O–H groups in total. The summed E-state index contributed by atoms with van der Waals surface area (Å²) in [6, 6.07) is 14.1. The SMILES string of the molecule is COc1ccc(-c2ccc(OC)cc2P)cc1. The van der Waals surface area contributed by atoms with Gasteiger partial charge in [-0.2, -0.15) is 0 Å². The maximum Gasteiger partial charge on any atom is 0.119 e. The minimum absolute atomic E-state index is 0.868. The van der Waals surface area contributed by atoms with Crippen LogP contribution in [-0.4, -0.2) is 14.2 Å². The minimum atomic E-state index is 0.868. The van der Waals surface area contributed by atoms with Crippen molar-refractivity contribution in [2.75, 3.05) is 14.2 Å². The van der Waals surface area contributed by atoms with Crippen molar-refractivity contribution in [3.05, 3.63) is 42.5 Å². The van der Waals surface area contributed by atoms with Crippen molar-refractivity contribution in [3.63, 3.8) is 0 Å². The Morgan fingerprint density at radius 2 is 1.41 bits per heavy atom. The first-order valence-corrected chi connectivity index (χ1v) is 5.90. The molecule has 0 aromatic heterocycles. The summed E-state index contributed by atoms with van der Waals surface area (Å²) in [7, 11) is 6.08. The van der Waals surface area contributed by atoms with Gasteiger partial charge in [0.2, 0.25) is 0 Å². The lowest BCUT2D eigenvalue weighted by atomic mass is 10.1. The van der Waals surface area contributed by atoms with Gasteiger partial charge in [-0.3, -0.25) is 0 Å². The summed E-state index contributed by atoms with van der Waals surface area (Å²) in [6.45, 7) is 0. The zero-order valence-corrected chi connectivity index (χ0v) is 11.1. The average molecular weight is 246 g/mol. The molecule has 1 atom stereocenters. The van der Waals surface area contributed by atoms with Gasteiger partial charge in [0.15, 0.2) is 0 Å². The molecule has 0 amide bonds. The van der Waals surface area contributed by atoms with E-state index in [1.54, 1.807) is 14.2 Å². The lowest BCUT2D eigenvalue weighted by Crippen LogP contribution is -1.98. The van der Waals surface area contributed by atoms with Gasteiger partial charge in [0, 0.05) is 0 Å². The van der Waals surface area contributed by atoms with Crippen molar-refractivity contribution in [3.8, 4) is 22.6 Å². The molecule has 3 heteroatoms. The van der Waals surface area contributed by atoms with E-state index < -0.39 is 0 Å². The van der Waals surface area contributed by atoms with E-state index in [2.05, 4.69) is 15.3 Å². The lowest BCUT2D eigenvalue weighted by Gasteiger charge is -2.08. The molecule has 17 heavy (non-hydrogen) atoms. The molecule has 2 nitrogen and oxygen atoms in total. The largest absolute Gasteiger partial charge is 0.497 e. The standard InChI is InChI=1S/C14H15O2P/c1-15-11-5-3-10(4-6-11)13-8-7-12(16-2)9-14(13)17/h3-9H,17H2,1-2H3. The van der Waals surface area contributed by atoms with Crippen LogP contribution in [0.5, 0.6) is 11.5 Å². The van der Waals surface area contributed by atoms with E-state index in [0.717, 1.165) is 16.8 Å². The highest BCUT2D eigenvalue weighted by molar-refractivity contribution is 7.28. The summed E-state index contributed by atoms with van der Waals surface area (Å²) in [5, 5.41) is 1.12. The first-order valence-electron chi connectivity index (χ1n) is 5.32. The van der Waals surface area contributed by atoms with E-state index in [9.17, 15) is 0 Å². The molecular weight excluding hydrogens is 231 g/mol. The molecule has 2 rings (SSSR count). The quantitative estimate of drug-likeness (QED) is 0.775. The van der Waals surface area contributed by atoms with Gasteiger partial charge in [-0.15, -0.1) is 9.24 Å². The molecule has 0 saturated carbocycles. The Morgan fingerprint density at radius 1 is 0.824 bits per heavy atom. The van der Waals surface area contributed by atoms with Gasteiger partial charge in [0.25, 0.3) is 0 Å². The number of methoxy groups -OCH3 is 2. The summed E-state index contributed by atoms with van der Waals surface area (Å²) in [4.78, 5) is 0. The van der Waals surface area contributed by atoms with Crippen LogP contribution in [0.2, 0.25) is 0 Å². The van der Waals surface area contributed by atoms with Crippen LogP contribution in [0.4, 0.5) is 0 Å². The Balaban J connectivity index is 2.38. The molecule has 0 aliphatic rings. The molecule has 0 radical (unpaired) electrons. The molecular formula is C14H15O2P. The molecule has 88 valence electrons. The van der Waals surface area contributed by atoms with Crippen LogP contribution in [0.3, 0.4) is 0 Å². The highest BCUT2D eigenvalue weighted by atomic mass is 31.0. The number of ether oxygens (including phenoxy) is 2. The maximum atomic E-state index is 5.19. The highest BCUT2D eigenvalue weighted by Crippen LogP contribution is 2.24. The van der Waals surface area contributed by atoms with E-state index in [4.69, 9.17) is 9.47 Å². The smallest absolute Gasteiger partial charge is 0.119 e. The topological polar surface area (TPSA) is 18.5 Å². The Hall–Kier alpha value is -1.53. The molecule has 0 aliphatic heterocycles. The van der Waals surface area contributed by atoms with Crippen LogP contribution in [0.1, 0.15) is 0 Å². The fourth-order valence-corrected chi connectivity index (χ4v) is 2.13. The van der Waals surface area contributed by atoms with Crippen LogP contribution in [0.25, 0.3) is 11.1 Å². The number of rotatable bonds is 3. The Kier molecular flexibility index (Phi) is 3.65. The van der Waals surface area contributed by atoms with Crippen LogP contribution >= 0.6 is 9.24 Å². The van der Waals surface area contributed by atoms with E-state index >= 15 is 0 Å². The van der Waals surface area contributed by atoms with Crippen LogP contribution in [0.15, 0.2) is 42.5 Å². The van der Waals surface area contributed by atoms with Crippen LogP contribution in [0, 0.1) is 0 Å². The van der Waals surface area contributed by atoms with Crippen molar-refractivity contribution in [1.82, 2.24) is 0 Å². The first kappa shape index (κ1) is 11.9. The molecule has 0 spiro atoms. The molecule has 2 aromatic rings. The van der Waals surface area contributed by atoms with E-state index in [1.807, 2.05) is 36.4 Å². The van der Waals surface area contributed by atoms with Gasteiger partial charge >= 0.3 is 0 Å². The second kappa shape index (κ2) is 5.20. The zero-order valence-electron chi connectivity index (χ0n) is 9.94. The normalized spacial score (nSPS) is 10.1. The third-order valence-corrected chi connectivity index (χ3v) is 3.14. The first-order chi connectivity index (χ1) is 8.24. The molecule has 0 fully saturated rings. The Morgan fingerprint density at radius 3 is 1.94 bits per heavy atom. The summed E-state index contributed by atoms with van der Waals surface area (Å²) >= 11 is 0. The number of hydrogen-bond donors (Lipinski definition) is 0. The summed E-state index contributed by atoms with van der Waals surface area (Å²) in [5.41, 5.74) is 2.34. The lowest BCUT2D eigenvalue weighted by molar-refractivity contribution is 0.414. The monoisotopic (exact) mass is 246 g/mol. The van der Waals surface area contributed by atoms with Crippen molar-refractivity contribution < 1.29 is 9.47 Å². The average Bonchev–Trinajstić information content (AvgIpc) is 2.39. The van der Waals surface area contributed by atoms with Crippen molar-refractivity contribution in [2.24, 2.45) is 0 Å². The molecule has 1 unspecified atom stereocenters. The van der Waals surface area contributed by atoms with Gasteiger partial charge in [-0.05, 0) is 40.7 Å². The third kappa shape index (κ3) is 2.59. The van der Waals surface area contributed by atoms with Crippen molar-refractivity contribution >= 4 is 14.5 Å². The molecule has 0 heterocycles.